The molecule has 0 N–H and O–H groups in total. The zero-order valence-corrected chi connectivity index (χ0v) is 15.0. The molecule has 0 bridgehead atoms. The SMILES string of the molecule is COc1cc(COC(=O)N2C(C)CCCC2C)c([N+](=O)[O-])c(OC)c1. The number of nitro benzene ring substituents is 1. The summed E-state index contributed by atoms with van der Waals surface area (Å²) in [6.07, 6.45) is 2.46. The van der Waals surface area contributed by atoms with Crippen LogP contribution in [-0.2, 0) is 11.3 Å². The molecule has 0 saturated carbocycles. The van der Waals surface area contributed by atoms with Crippen molar-refractivity contribution in [1.82, 2.24) is 4.90 Å². The molecule has 1 aliphatic rings. The molecule has 1 fully saturated rings. The molecule has 8 nitrogen and oxygen atoms in total. The number of carbonyl (C=O) groups excluding carboxylic acids is 1. The van der Waals surface area contributed by atoms with Crippen molar-refractivity contribution < 1.29 is 23.9 Å². The fraction of sp³-hybridized carbons (Fsp3) is 0.588. The van der Waals surface area contributed by atoms with E-state index in [2.05, 4.69) is 0 Å². The summed E-state index contributed by atoms with van der Waals surface area (Å²) in [5.41, 5.74) is 0.00251. The fourth-order valence-corrected chi connectivity index (χ4v) is 3.22. The first kappa shape index (κ1) is 18.8. The van der Waals surface area contributed by atoms with Gasteiger partial charge in [0, 0.05) is 18.2 Å². The molecule has 138 valence electrons. The van der Waals surface area contributed by atoms with Gasteiger partial charge in [-0.25, -0.2) is 4.79 Å². The van der Waals surface area contributed by atoms with Gasteiger partial charge >= 0.3 is 11.8 Å². The minimum atomic E-state index is -0.548. The van der Waals surface area contributed by atoms with Crippen molar-refractivity contribution >= 4 is 11.8 Å². The minimum Gasteiger partial charge on any atom is -0.497 e. The van der Waals surface area contributed by atoms with Gasteiger partial charge in [0.1, 0.15) is 12.4 Å². The highest BCUT2D eigenvalue weighted by atomic mass is 16.6. The highest BCUT2D eigenvalue weighted by molar-refractivity contribution is 5.69. The standard InChI is InChI=1S/C17H24N2O6/c1-11-6-5-7-12(2)18(11)17(20)25-10-13-8-14(23-3)9-15(24-4)16(13)19(21)22/h8-9,11-12H,5-7,10H2,1-4H3. The van der Waals surface area contributed by atoms with Gasteiger partial charge in [0.15, 0.2) is 0 Å². The lowest BCUT2D eigenvalue weighted by Crippen LogP contribution is -2.47. The summed E-state index contributed by atoms with van der Waals surface area (Å²) in [6, 6.07) is 3.09. The monoisotopic (exact) mass is 352 g/mol. The Morgan fingerprint density at radius 1 is 1.24 bits per heavy atom. The number of nitro groups is 1. The Kier molecular flexibility index (Phi) is 6.06. The minimum absolute atomic E-state index is 0.0649. The van der Waals surface area contributed by atoms with Crippen molar-refractivity contribution in [2.75, 3.05) is 14.2 Å². The molecule has 1 amide bonds. The van der Waals surface area contributed by atoms with E-state index in [4.69, 9.17) is 14.2 Å². The molecule has 1 heterocycles. The van der Waals surface area contributed by atoms with Crippen molar-refractivity contribution in [1.29, 1.82) is 0 Å². The van der Waals surface area contributed by atoms with Crippen LogP contribution in [-0.4, -0.2) is 42.2 Å². The first-order chi connectivity index (χ1) is 11.9. The Morgan fingerprint density at radius 2 is 1.88 bits per heavy atom. The van der Waals surface area contributed by atoms with E-state index < -0.39 is 11.0 Å². The molecule has 0 radical (unpaired) electrons. The number of methoxy groups -OCH3 is 2. The smallest absolute Gasteiger partial charge is 0.410 e. The molecule has 2 rings (SSSR count). The quantitative estimate of drug-likeness (QED) is 0.595. The molecular weight excluding hydrogens is 328 g/mol. The number of carbonyl (C=O) groups is 1. The average molecular weight is 352 g/mol. The van der Waals surface area contributed by atoms with Crippen LogP contribution in [0.25, 0.3) is 0 Å². The molecule has 8 heteroatoms. The van der Waals surface area contributed by atoms with E-state index in [9.17, 15) is 14.9 Å². The van der Waals surface area contributed by atoms with Crippen molar-refractivity contribution in [3.05, 3.63) is 27.8 Å². The van der Waals surface area contributed by atoms with Gasteiger partial charge in [0.05, 0.1) is 24.7 Å². The molecule has 1 aromatic rings. The van der Waals surface area contributed by atoms with Crippen molar-refractivity contribution in [3.8, 4) is 11.5 Å². The zero-order valence-electron chi connectivity index (χ0n) is 15.0. The van der Waals surface area contributed by atoms with E-state index in [0.717, 1.165) is 19.3 Å². The molecule has 1 saturated heterocycles. The maximum absolute atomic E-state index is 12.5. The summed E-state index contributed by atoms with van der Waals surface area (Å²) in [5.74, 6) is 0.461. The van der Waals surface area contributed by atoms with Crippen LogP contribution in [0.15, 0.2) is 12.1 Å². The summed E-state index contributed by atoms with van der Waals surface area (Å²) in [5, 5.41) is 11.4. The summed E-state index contributed by atoms with van der Waals surface area (Å²) >= 11 is 0. The van der Waals surface area contributed by atoms with Crippen LogP contribution in [0.2, 0.25) is 0 Å². The lowest BCUT2D eigenvalue weighted by atomic mass is 9.98. The van der Waals surface area contributed by atoms with Gasteiger partial charge in [-0.15, -0.1) is 0 Å². The molecule has 1 aromatic carbocycles. The highest BCUT2D eigenvalue weighted by Crippen LogP contribution is 2.36. The number of rotatable bonds is 5. The fourth-order valence-electron chi connectivity index (χ4n) is 3.22. The Bertz CT molecular complexity index is 638. The van der Waals surface area contributed by atoms with Gasteiger partial charge in [0.2, 0.25) is 5.75 Å². The second-order valence-corrected chi connectivity index (χ2v) is 6.19. The lowest BCUT2D eigenvalue weighted by molar-refractivity contribution is -0.386. The van der Waals surface area contributed by atoms with Gasteiger partial charge in [-0.3, -0.25) is 10.1 Å². The van der Waals surface area contributed by atoms with Gasteiger partial charge in [-0.05, 0) is 39.2 Å². The average Bonchev–Trinajstić information content (AvgIpc) is 2.58. The van der Waals surface area contributed by atoms with E-state index in [1.807, 2.05) is 13.8 Å². The maximum Gasteiger partial charge on any atom is 0.410 e. The van der Waals surface area contributed by atoms with Crippen LogP contribution in [0.3, 0.4) is 0 Å². The maximum atomic E-state index is 12.5. The molecule has 2 unspecified atom stereocenters. The van der Waals surface area contributed by atoms with E-state index >= 15 is 0 Å². The molecule has 25 heavy (non-hydrogen) atoms. The third-order valence-corrected chi connectivity index (χ3v) is 4.52. The number of likely N-dealkylation sites (tertiary alicyclic amines) is 1. The van der Waals surface area contributed by atoms with E-state index in [1.165, 1.54) is 26.4 Å². The number of nitrogens with zero attached hydrogens (tertiary/aromatic N) is 2. The van der Waals surface area contributed by atoms with Crippen LogP contribution in [0, 0.1) is 10.1 Å². The second kappa shape index (κ2) is 8.04. The second-order valence-electron chi connectivity index (χ2n) is 6.19. The molecule has 0 aromatic heterocycles. The molecule has 1 aliphatic heterocycles. The predicted octanol–water partition coefficient (Wildman–Crippen LogP) is 3.51. The zero-order chi connectivity index (χ0) is 18.6. The van der Waals surface area contributed by atoms with E-state index in [1.54, 1.807) is 4.90 Å². The summed E-state index contributed by atoms with van der Waals surface area (Å²) < 4.78 is 15.6. The largest absolute Gasteiger partial charge is 0.497 e. The Morgan fingerprint density at radius 3 is 2.40 bits per heavy atom. The summed E-state index contributed by atoms with van der Waals surface area (Å²) in [6.45, 7) is 3.74. The topological polar surface area (TPSA) is 91.1 Å². The third kappa shape index (κ3) is 4.12. The number of hydrogen-bond acceptors (Lipinski definition) is 6. The first-order valence-electron chi connectivity index (χ1n) is 8.23. The molecule has 0 spiro atoms. The number of amides is 1. The third-order valence-electron chi connectivity index (χ3n) is 4.52. The number of hydrogen-bond donors (Lipinski definition) is 0. The van der Waals surface area contributed by atoms with Crippen LogP contribution in [0.4, 0.5) is 10.5 Å². The molecule has 0 aliphatic carbocycles. The van der Waals surface area contributed by atoms with Crippen LogP contribution in [0.5, 0.6) is 11.5 Å². The highest BCUT2D eigenvalue weighted by Gasteiger charge is 2.31. The van der Waals surface area contributed by atoms with Crippen LogP contribution >= 0.6 is 0 Å². The van der Waals surface area contributed by atoms with Gasteiger partial charge in [0.25, 0.3) is 0 Å². The summed E-state index contributed by atoms with van der Waals surface area (Å²) in [4.78, 5) is 25.0. The van der Waals surface area contributed by atoms with Crippen LogP contribution < -0.4 is 9.47 Å². The van der Waals surface area contributed by atoms with Crippen molar-refractivity contribution in [2.45, 2.75) is 51.8 Å². The predicted molar refractivity (Wildman–Crippen MR) is 91.0 cm³/mol. The number of benzene rings is 1. The van der Waals surface area contributed by atoms with Gasteiger partial charge < -0.3 is 19.1 Å². The normalized spacial score (nSPS) is 20.1. The van der Waals surface area contributed by atoms with Crippen molar-refractivity contribution in [2.24, 2.45) is 0 Å². The van der Waals surface area contributed by atoms with E-state index in [0.29, 0.717) is 5.75 Å². The number of piperidine rings is 1. The lowest BCUT2D eigenvalue weighted by Gasteiger charge is -2.37. The van der Waals surface area contributed by atoms with Gasteiger partial charge in [-0.1, -0.05) is 0 Å². The molecule has 2 atom stereocenters. The first-order valence-corrected chi connectivity index (χ1v) is 8.23. The Balaban J connectivity index is 2.21. The van der Waals surface area contributed by atoms with Gasteiger partial charge in [-0.2, -0.15) is 0 Å². The Labute approximate surface area is 146 Å². The number of ether oxygens (including phenoxy) is 3. The molecular formula is C17H24N2O6. The van der Waals surface area contributed by atoms with E-state index in [-0.39, 0.29) is 35.7 Å². The Hall–Kier alpha value is -2.51. The van der Waals surface area contributed by atoms with Crippen molar-refractivity contribution in [3.63, 3.8) is 0 Å². The summed E-state index contributed by atoms with van der Waals surface area (Å²) in [7, 11) is 2.79. The van der Waals surface area contributed by atoms with Crippen LogP contribution in [0.1, 0.15) is 38.7 Å².